The Bertz CT molecular complexity index is 1100. The van der Waals surface area contributed by atoms with E-state index >= 15 is 0 Å². The Hall–Kier alpha value is -2.38. The molecule has 0 unspecified atom stereocenters. The van der Waals surface area contributed by atoms with Crippen molar-refractivity contribution in [1.82, 2.24) is 9.97 Å². The number of sulfonamides is 1. The van der Waals surface area contributed by atoms with Crippen LogP contribution in [0.5, 0.6) is 0 Å². The maximum absolute atomic E-state index is 13.3. The van der Waals surface area contributed by atoms with E-state index in [-0.39, 0.29) is 11.6 Å². The van der Waals surface area contributed by atoms with Gasteiger partial charge in [0, 0.05) is 11.6 Å². The van der Waals surface area contributed by atoms with E-state index in [0.29, 0.717) is 22.2 Å². The van der Waals surface area contributed by atoms with Gasteiger partial charge >= 0.3 is 0 Å². The summed E-state index contributed by atoms with van der Waals surface area (Å²) < 4.78 is 27.9. The lowest BCUT2D eigenvalue weighted by Gasteiger charge is -2.20. The summed E-state index contributed by atoms with van der Waals surface area (Å²) in [6, 6.07) is 13.8. The highest BCUT2D eigenvalue weighted by Crippen LogP contribution is 2.38. The number of anilines is 2. The Morgan fingerprint density at radius 1 is 1.04 bits per heavy atom. The van der Waals surface area contributed by atoms with Crippen molar-refractivity contribution in [3.05, 3.63) is 53.6 Å². The molecule has 2 heterocycles. The van der Waals surface area contributed by atoms with Gasteiger partial charge in [-0.15, -0.1) is 0 Å². The first kappa shape index (κ1) is 18.0. The summed E-state index contributed by atoms with van der Waals surface area (Å²) >= 11 is 6.01. The van der Waals surface area contributed by atoms with E-state index in [4.69, 9.17) is 16.6 Å². The van der Waals surface area contributed by atoms with Gasteiger partial charge in [0.1, 0.15) is 6.67 Å². The Labute approximate surface area is 163 Å². The van der Waals surface area contributed by atoms with Crippen molar-refractivity contribution in [2.24, 2.45) is 0 Å². The predicted molar refractivity (Wildman–Crippen MR) is 108 cm³/mol. The molecule has 1 aliphatic heterocycles. The molecule has 0 saturated heterocycles. The third-order valence-electron chi connectivity index (χ3n) is 4.54. The van der Waals surface area contributed by atoms with E-state index < -0.39 is 10.0 Å². The van der Waals surface area contributed by atoms with Crippen molar-refractivity contribution in [2.45, 2.75) is 24.7 Å². The van der Waals surface area contributed by atoms with Crippen LogP contribution >= 0.6 is 11.6 Å². The second-order valence-corrected chi connectivity index (χ2v) is 8.73. The monoisotopic (exact) mass is 402 g/mol. The van der Waals surface area contributed by atoms with Crippen LogP contribution in [0.3, 0.4) is 0 Å². The molecule has 27 heavy (non-hydrogen) atoms. The number of hydrogen-bond donors (Lipinski definition) is 0. The molecule has 0 bridgehead atoms. The zero-order valence-corrected chi connectivity index (χ0v) is 16.4. The van der Waals surface area contributed by atoms with E-state index in [1.807, 2.05) is 29.2 Å². The molecule has 4 rings (SSSR count). The lowest BCUT2D eigenvalue weighted by atomic mass is 10.3. The molecule has 6 nitrogen and oxygen atoms in total. The van der Waals surface area contributed by atoms with Crippen molar-refractivity contribution in [2.75, 3.05) is 22.4 Å². The van der Waals surface area contributed by atoms with E-state index in [2.05, 4.69) is 11.9 Å². The smallest absolute Gasteiger partial charge is 0.267 e. The summed E-state index contributed by atoms with van der Waals surface area (Å²) in [5, 5.41) is 0.378. The highest BCUT2D eigenvalue weighted by atomic mass is 35.5. The molecule has 0 aliphatic carbocycles. The number of para-hydroxylation sites is 2. The average Bonchev–Trinajstić information content (AvgIpc) is 3.03. The van der Waals surface area contributed by atoms with E-state index in [1.165, 1.54) is 10.4 Å². The number of halogens is 1. The molecular formula is C19H19ClN4O2S. The van der Waals surface area contributed by atoms with Gasteiger partial charge in [0.25, 0.3) is 10.0 Å². The average molecular weight is 403 g/mol. The number of unbranched alkanes of at least 4 members (excludes halogenated alkanes) is 1. The standard InChI is InChI=1S/C19H19ClN4O2S/c1-2-3-11-23-13-24(27(25,26)15-8-6-7-14(20)12-15)19-18(23)21-16-9-4-5-10-17(16)22-19/h4-10,12H,2-3,11,13H2,1H3. The van der Waals surface area contributed by atoms with Crippen LogP contribution in [0, 0.1) is 0 Å². The van der Waals surface area contributed by atoms with Crippen LogP contribution in [0.25, 0.3) is 11.0 Å². The van der Waals surface area contributed by atoms with Gasteiger partial charge in [-0.2, -0.15) is 0 Å². The highest BCUT2D eigenvalue weighted by molar-refractivity contribution is 7.92. The fourth-order valence-corrected chi connectivity index (χ4v) is 4.80. The van der Waals surface area contributed by atoms with Crippen LogP contribution in [0.15, 0.2) is 53.4 Å². The molecule has 140 valence electrons. The summed E-state index contributed by atoms with van der Waals surface area (Å²) in [4.78, 5) is 11.4. The maximum Gasteiger partial charge on any atom is 0.267 e. The van der Waals surface area contributed by atoms with Crippen LogP contribution in [0.2, 0.25) is 5.02 Å². The molecule has 0 N–H and O–H groups in total. The molecule has 0 atom stereocenters. The first-order valence-corrected chi connectivity index (χ1v) is 10.6. The topological polar surface area (TPSA) is 66.4 Å². The fraction of sp³-hybridized carbons (Fsp3) is 0.263. The van der Waals surface area contributed by atoms with Crippen molar-refractivity contribution >= 4 is 44.3 Å². The van der Waals surface area contributed by atoms with Crippen LogP contribution in [0.1, 0.15) is 19.8 Å². The lowest BCUT2D eigenvalue weighted by Crippen LogP contribution is -2.36. The van der Waals surface area contributed by atoms with E-state index in [0.717, 1.165) is 24.9 Å². The van der Waals surface area contributed by atoms with Crippen molar-refractivity contribution in [3.8, 4) is 0 Å². The lowest BCUT2D eigenvalue weighted by molar-refractivity contribution is 0.590. The molecule has 2 aromatic carbocycles. The third-order valence-corrected chi connectivity index (χ3v) is 6.49. The minimum Gasteiger partial charge on any atom is -0.335 e. The number of aromatic nitrogens is 2. The zero-order valence-electron chi connectivity index (χ0n) is 14.8. The Morgan fingerprint density at radius 2 is 1.74 bits per heavy atom. The van der Waals surface area contributed by atoms with Gasteiger partial charge in [-0.1, -0.05) is 43.1 Å². The van der Waals surface area contributed by atoms with Crippen LogP contribution < -0.4 is 9.21 Å². The van der Waals surface area contributed by atoms with Gasteiger partial charge in [0.15, 0.2) is 11.6 Å². The zero-order chi connectivity index (χ0) is 19.0. The number of fused-ring (bicyclic) bond motifs is 2. The third kappa shape index (κ3) is 3.21. The molecule has 1 aromatic heterocycles. The Morgan fingerprint density at radius 3 is 2.41 bits per heavy atom. The van der Waals surface area contributed by atoms with E-state index in [9.17, 15) is 8.42 Å². The summed E-state index contributed by atoms with van der Waals surface area (Å²) in [6.07, 6.45) is 1.95. The SMILES string of the molecule is CCCCN1CN(S(=O)(=O)c2cccc(Cl)c2)c2nc3ccccc3nc21. The Kier molecular flexibility index (Phi) is 4.65. The molecule has 0 amide bonds. The summed E-state index contributed by atoms with van der Waals surface area (Å²) in [5.41, 5.74) is 1.42. The van der Waals surface area contributed by atoms with Gasteiger partial charge in [-0.3, -0.25) is 0 Å². The van der Waals surface area contributed by atoms with Gasteiger partial charge in [0.05, 0.1) is 15.9 Å². The molecule has 0 radical (unpaired) electrons. The molecule has 0 saturated carbocycles. The number of rotatable bonds is 5. The van der Waals surface area contributed by atoms with Gasteiger partial charge in [0.2, 0.25) is 0 Å². The molecule has 1 aliphatic rings. The van der Waals surface area contributed by atoms with Gasteiger partial charge < -0.3 is 4.90 Å². The largest absolute Gasteiger partial charge is 0.335 e. The molecular weight excluding hydrogens is 384 g/mol. The second kappa shape index (κ2) is 6.98. The first-order valence-electron chi connectivity index (χ1n) is 8.81. The van der Waals surface area contributed by atoms with Crippen molar-refractivity contribution < 1.29 is 8.42 Å². The summed E-state index contributed by atoms with van der Waals surface area (Å²) in [5.74, 6) is 0.970. The highest BCUT2D eigenvalue weighted by Gasteiger charge is 2.37. The first-order chi connectivity index (χ1) is 13.0. The van der Waals surface area contributed by atoms with Crippen molar-refractivity contribution in [1.29, 1.82) is 0 Å². The van der Waals surface area contributed by atoms with Crippen LogP contribution in [-0.2, 0) is 10.0 Å². The molecule has 0 fully saturated rings. The number of hydrogen-bond acceptors (Lipinski definition) is 5. The summed E-state index contributed by atoms with van der Waals surface area (Å²) in [7, 11) is -3.80. The molecule has 8 heteroatoms. The Balaban J connectivity index is 1.85. The van der Waals surface area contributed by atoms with Crippen LogP contribution in [0.4, 0.5) is 11.6 Å². The molecule has 0 spiro atoms. The number of nitrogens with zero attached hydrogens (tertiary/aromatic N) is 4. The number of benzene rings is 2. The van der Waals surface area contributed by atoms with Crippen LogP contribution in [-0.4, -0.2) is 31.6 Å². The minimum absolute atomic E-state index is 0.147. The van der Waals surface area contributed by atoms with Gasteiger partial charge in [-0.25, -0.2) is 22.7 Å². The second-order valence-electron chi connectivity index (χ2n) is 6.43. The summed E-state index contributed by atoms with van der Waals surface area (Å²) in [6.45, 7) is 3.02. The molecule has 3 aromatic rings. The van der Waals surface area contributed by atoms with E-state index in [1.54, 1.807) is 18.2 Å². The quantitative estimate of drug-likeness (QED) is 0.643. The predicted octanol–water partition coefficient (Wildman–Crippen LogP) is 4.06. The fourth-order valence-electron chi connectivity index (χ4n) is 3.12. The van der Waals surface area contributed by atoms with Gasteiger partial charge in [-0.05, 0) is 36.8 Å². The normalized spacial score (nSPS) is 14.0. The van der Waals surface area contributed by atoms with Crippen molar-refractivity contribution in [3.63, 3.8) is 0 Å². The maximum atomic E-state index is 13.3. The minimum atomic E-state index is -3.80.